The third-order valence-corrected chi connectivity index (χ3v) is 4.96. The molecule has 0 spiro atoms. The Kier molecular flexibility index (Phi) is 3.41. The van der Waals surface area contributed by atoms with E-state index in [1.165, 1.54) is 24.6 Å². The Hall–Kier alpha value is -1.56. The van der Waals surface area contributed by atoms with Crippen LogP contribution >= 0.6 is 11.8 Å². The molecule has 6 heteroatoms. The van der Waals surface area contributed by atoms with Gasteiger partial charge in [-0.2, -0.15) is 0 Å². The van der Waals surface area contributed by atoms with Crippen LogP contribution in [0.25, 0.3) is 11.2 Å². The Morgan fingerprint density at radius 2 is 2.35 bits per heavy atom. The van der Waals surface area contributed by atoms with Crippen LogP contribution in [0.4, 0.5) is 0 Å². The number of pyridine rings is 1. The Morgan fingerprint density at radius 1 is 1.55 bits per heavy atom. The highest BCUT2D eigenvalue weighted by Gasteiger charge is 2.41. The lowest BCUT2D eigenvalue weighted by Crippen LogP contribution is -2.12. The van der Waals surface area contributed by atoms with Crippen molar-refractivity contribution in [2.45, 2.75) is 37.9 Å². The summed E-state index contributed by atoms with van der Waals surface area (Å²) >= 11 is 1.27. The number of hydrogen-bond donors (Lipinski definition) is 1. The van der Waals surface area contributed by atoms with Gasteiger partial charge in [0, 0.05) is 12.7 Å². The van der Waals surface area contributed by atoms with Crippen molar-refractivity contribution in [3.63, 3.8) is 0 Å². The van der Waals surface area contributed by atoms with E-state index in [-0.39, 0.29) is 5.75 Å². The molecule has 0 amide bonds. The number of nitrogens with zero attached hydrogens (tertiary/aromatic N) is 3. The van der Waals surface area contributed by atoms with Gasteiger partial charge in [0.15, 0.2) is 10.8 Å². The third kappa shape index (κ3) is 2.52. The summed E-state index contributed by atoms with van der Waals surface area (Å²) < 4.78 is 2.10. The molecule has 0 atom stereocenters. The zero-order valence-corrected chi connectivity index (χ0v) is 12.2. The van der Waals surface area contributed by atoms with Crippen molar-refractivity contribution in [3.05, 3.63) is 18.3 Å². The largest absolute Gasteiger partial charge is 0.481 e. The van der Waals surface area contributed by atoms with Crippen LogP contribution in [0.3, 0.4) is 0 Å². The predicted octanol–water partition coefficient (Wildman–Crippen LogP) is 2.80. The first-order chi connectivity index (χ1) is 9.63. The van der Waals surface area contributed by atoms with E-state index in [0.717, 1.165) is 29.3 Å². The Morgan fingerprint density at radius 3 is 3.00 bits per heavy atom. The number of thioether (sulfide) groups is 1. The monoisotopic (exact) mass is 291 g/mol. The van der Waals surface area contributed by atoms with Crippen molar-refractivity contribution in [2.75, 3.05) is 5.75 Å². The second kappa shape index (κ2) is 5.09. The van der Waals surface area contributed by atoms with Crippen molar-refractivity contribution in [1.29, 1.82) is 0 Å². The summed E-state index contributed by atoms with van der Waals surface area (Å²) in [6.07, 6.45) is 5.37. The van der Waals surface area contributed by atoms with Gasteiger partial charge in [-0.15, -0.1) is 0 Å². The van der Waals surface area contributed by atoms with Crippen LogP contribution in [-0.2, 0) is 11.3 Å². The van der Waals surface area contributed by atoms with Gasteiger partial charge in [-0.3, -0.25) is 4.79 Å². The van der Waals surface area contributed by atoms with E-state index in [0.29, 0.717) is 5.41 Å². The van der Waals surface area contributed by atoms with Crippen LogP contribution in [-0.4, -0.2) is 31.4 Å². The molecule has 0 aromatic carbocycles. The van der Waals surface area contributed by atoms with Gasteiger partial charge in [0.2, 0.25) is 0 Å². The quantitative estimate of drug-likeness (QED) is 0.829. The van der Waals surface area contributed by atoms with Gasteiger partial charge in [0.1, 0.15) is 5.52 Å². The predicted molar refractivity (Wildman–Crippen MR) is 77.8 cm³/mol. The standard InChI is InChI=1S/C14H17N3O2S/c1-2-14(5-6-14)9-17-12-10(4-3-7-15-12)16-13(17)20-8-11(18)19/h3-4,7H,2,5-6,8-9H2,1H3,(H,18,19). The molecule has 20 heavy (non-hydrogen) atoms. The summed E-state index contributed by atoms with van der Waals surface area (Å²) in [7, 11) is 0. The van der Waals surface area contributed by atoms with Crippen molar-refractivity contribution in [3.8, 4) is 0 Å². The zero-order valence-electron chi connectivity index (χ0n) is 11.4. The minimum Gasteiger partial charge on any atom is -0.481 e. The number of aliphatic carboxylic acids is 1. The molecular weight excluding hydrogens is 274 g/mol. The fraction of sp³-hybridized carbons (Fsp3) is 0.500. The molecule has 5 nitrogen and oxygen atoms in total. The van der Waals surface area contributed by atoms with Crippen LogP contribution in [0, 0.1) is 5.41 Å². The van der Waals surface area contributed by atoms with E-state index in [1.54, 1.807) is 6.20 Å². The lowest BCUT2D eigenvalue weighted by Gasteiger charge is -2.15. The average molecular weight is 291 g/mol. The van der Waals surface area contributed by atoms with Crippen molar-refractivity contribution in [2.24, 2.45) is 5.41 Å². The maximum absolute atomic E-state index is 10.8. The molecule has 0 bridgehead atoms. The number of rotatable bonds is 6. The number of hydrogen-bond acceptors (Lipinski definition) is 4. The fourth-order valence-electron chi connectivity index (χ4n) is 2.45. The lowest BCUT2D eigenvalue weighted by atomic mass is 10.0. The van der Waals surface area contributed by atoms with Gasteiger partial charge in [-0.1, -0.05) is 18.7 Å². The van der Waals surface area contributed by atoms with Gasteiger partial charge in [0.25, 0.3) is 0 Å². The summed E-state index contributed by atoms with van der Waals surface area (Å²) in [5.41, 5.74) is 2.07. The smallest absolute Gasteiger partial charge is 0.313 e. The molecule has 0 unspecified atom stereocenters. The Bertz CT molecular complexity index is 649. The van der Waals surface area contributed by atoms with Crippen LogP contribution in [0.15, 0.2) is 23.5 Å². The highest BCUT2D eigenvalue weighted by atomic mass is 32.2. The Balaban J connectivity index is 1.97. The molecular formula is C14H17N3O2S. The molecule has 2 aromatic rings. The van der Waals surface area contributed by atoms with Gasteiger partial charge < -0.3 is 9.67 Å². The fourth-order valence-corrected chi connectivity index (χ4v) is 3.17. The van der Waals surface area contributed by atoms with E-state index in [2.05, 4.69) is 21.5 Å². The maximum Gasteiger partial charge on any atom is 0.313 e. The minimum absolute atomic E-state index is 0.0302. The van der Waals surface area contributed by atoms with Gasteiger partial charge in [-0.05, 0) is 36.8 Å². The lowest BCUT2D eigenvalue weighted by molar-refractivity contribution is -0.133. The highest BCUT2D eigenvalue weighted by Crippen LogP contribution is 2.50. The van der Waals surface area contributed by atoms with Crippen LogP contribution < -0.4 is 0 Å². The van der Waals surface area contributed by atoms with Crippen molar-refractivity contribution in [1.82, 2.24) is 14.5 Å². The molecule has 1 aliphatic rings. The number of aromatic nitrogens is 3. The normalized spacial score (nSPS) is 16.4. The maximum atomic E-state index is 10.8. The molecule has 2 heterocycles. The number of imidazole rings is 1. The van der Waals surface area contributed by atoms with Gasteiger partial charge in [-0.25, -0.2) is 9.97 Å². The van der Waals surface area contributed by atoms with Crippen LogP contribution in [0.1, 0.15) is 26.2 Å². The van der Waals surface area contributed by atoms with E-state index in [4.69, 9.17) is 5.11 Å². The first-order valence-corrected chi connectivity index (χ1v) is 7.78. The minimum atomic E-state index is -0.821. The Labute approximate surface area is 121 Å². The second-order valence-corrected chi connectivity index (χ2v) is 6.31. The van der Waals surface area contributed by atoms with Crippen molar-refractivity contribution < 1.29 is 9.90 Å². The number of carbonyl (C=O) groups is 1. The molecule has 1 fully saturated rings. The van der Waals surface area contributed by atoms with Crippen molar-refractivity contribution >= 4 is 28.9 Å². The SMILES string of the molecule is CCC1(Cn2c(SCC(=O)O)nc3cccnc32)CC1. The first kappa shape index (κ1) is 13.4. The first-order valence-electron chi connectivity index (χ1n) is 6.79. The molecule has 1 N–H and O–H groups in total. The third-order valence-electron chi connectivity index (χ3n) is 3.99. The van der Waals surface area contributed by atoms with Gasteiger partial charge in [0.05, 0.1) is 5.75 Å². The van der Waals surface area contributed by atoms with Crippen LogP contribution in [0.5, 0.6) is 0 Å². The molecule has 2 aromatic heterocycles. The summed E-state index contributed by atoms with van der Waals surface area (Å²) in [6.45, 7) is 3.10. The number of carboxylic acid groups (broad SMARTS) is 1. The topological polar surface area (TPSA) is 68.0 Å². The summed E-state index contributed by atoms with van der Waals surface area (Å²) in [4.78, 5) is 19.7. The highest BCUT2D eigenvalue weighted by molar-refractivity contribution is 7.99. The average Bonchev–Trinajstić information content (AvgIpc) is 3.14. The summed E-state index contributed by atoms with van der Waals surface area (Å²) in [5.74, 6) is -0.791. The van der Waals surface area contributed by atoms with E-state index < -0.39 is 5.97 Å². The summed E-state index contributed by atoms with van der Waals surface area (Å²) in [6, 6.07) is 3.78. The molecule has 0 radical (unpaired) electrons. The second-order valence-electron chi connectivity index (χ2n) is 5.36. The molecule has 0 saturated heterocycles. The van der Waals surface area contributed by atoms with Crippen LogP contribution in [0.2, 0.25) is 0 Å². The van der Waals surface area contributed by atoms with E-state index >= 15 is 0 Å². The van der Waals surface area contributed by atoms with E-state index in [9.17, 15) is 4.79 Å². The molecule has 3 rings (SSSR count). The zero-order chi connectivity index (χ0) is 14.2. The molecule has 106 valence electrons. The van der Waals surface area contributed by atoms with Gasteiger partial charge >= 0.3 is 5.97 Å². The van der Waals surface area contributed by atoms with E-state index in [1.807, 2.05) is 12.1 Å². The summed E-state index contributed by atoms with van der Waals surface area (Å²) in [5, 5.41) is 9.62. The molecule has 1 saturated carbocycles. The number of carboxylic acids is 1. The molecule has 1 aliphatic carbocycles. The molecule has 0 aliphatic heterocycles. The number of fused-ring (bicyclic) bond motifs is 1.